The number of rotatable bonds is 4. The zero-order valence-electron chi connectivity index (χ0n) is 15.5. The van der Waals surface area contributed by atoms with Gasteiger partial charge in [-0.25, -0.2) is 5.01 Å². The monoisotopic (exact) mass is 375 g/mol. The van der Waals surface area contributed by atoms with Gasteiger partial charge in [0.1, 0.15) is 23.3 Å². The van der Waals surface area contributed by atoms with Crippen molar-refractivity contribution in [3.8, 4) is 0 Å². The van der Waals surface area contributed by atoms with Gasteiger partial charge in [-0.05, 0) is 41.8 Å². The standard InChI is InChI=1S/C22H21N3O3/c26-22(15-24-10-9-16-5-1-2-6-17(16)14-24)25-19(21-8-4-12-28-21)13-18(23-25)20-7-3-11-27-20/h1-8,11-12,19H,9-10,13-15H2/t19-/m1/s1. The van der Waals surface area contributed by atoms with Crippen LogP contribution in [0.25, 0.3) is 0 Å². The maximum Gasteiger partial charge on any atom is 0.257 e. The number of carbonyl (C=O) groups excluding carboxylic acids is 1. The Labute approximate surface area is 163 Å². The number of carbonyl (C=O) groups is 1. The molecule has 142 valence electrons. The summed E-state index contributed by atoms with van der Waals surface area (Å²) in [5.41, 5.74) is 3.44. The molecule has 6 heteroatoms. The molecule has 1 amide bonds. The van der Waals surface area contributed by atoms with Gasteiger partial charge in [0, 0.05) is 19.5 Å². The third-order valence-electron chi connectivity index (χ3n) is 5.41. The molecule has 0 unspecified atom stereocenters. The molecule has 0 radical (unpaired) electrons. The number of fused-ring (bicyclic) bond motifs is 1. The molecular formula is C22H21N3O3. The number of nitrogens with zero attached hydrogens (tertiary/aromatic N) is 3. The summed E-state index contributed by atoms with van der Waals surface area (Å²) in [6.07, 6.45) is 4.79. The zero-order chi connectivity index (χ0) is 18.9. The number of hydrazone groups is 1. The van der Waals surface area contributed by atoms with E-state index in [1.54, 1.807) is 17.5 Å². The van der Waals surface area contributed by atoms with Crippen LogP contribution in [0, 0.1) is 0 Å². The average molecular weight is 375 g/mol. The third kappa shape index (κ3) is 3.16. The maximum atomic E-state index is 13.2. The zero-order valence-corrected chi connectivity index (χ0v) is 15.5. The highest BCUT2D eigenvalue weighted by molar-refractivity contribution is 6.01. The van der Waals surface area contributed by atoms with Gasteiger partial charge < -0.3 is 8.83 Å². The Hall–Kier alpha value is -3.12. The number of amides is 1. The summed E-state index contributed by atoms with van der Waals surface area (Å²) >= 11 is 0. The Morgan fingerprint density at radius 2 is 1.86 bits per heavy atom. The lowest BCUT2D eigenvalue weighted by Gasteiger charge is -2.30. The maximum absolute atomic E-state index is 13.2. The molecule has 1 atom stereocenters. The Bertz CT molecular complexity index is 992. The van der Waals surface area contributed by atoms with Crippen molar-refractivity contribution in [2.75, 3.05) is 13.1 Å². The van der Waals surface area contributed by atoms with E-state index in [2.05, 4.69) is 34.3 Å². The van der Waals surface area contributed by atoms with E-state index in [1.165, 1.54) is 11.1 Å². The number of hydrogen-bond acceptors (Lipinski definition) is 5. The van der Waals surface area contributed by atoms with Crippen molar-refractivity contribution >= 4 is 11.6 Å². The SMILES string of the molecule is O=C(CN1CCc2ccccc2C1)N1N=C(c2ccco2)C[C@@H]1c1ccco1. The molecular weight excluding hydrogens is 354 g/mol. The lowest BCUT2D eigenvalue weighted by molar-refractivity contribution is -0.134. The van der Waals surface area contributed by atoms with Crippen molar-refractivity contribution in [1.82, 2.24) is 9.91 Å². The highest BCUT2D eigenvalue weighted by Gasteiger charge is 2.36. The molecule has 0 saturated carbocycles. The minimum atomic E-state index is -0.236. The van der Waals surface area contributed by atoms with Crippen molar-refractivity contribution in [1.29, 1.82) is 0 Å². The predicted molar refractivity (Wildman–Crippen MR) is 104 cm³/mol. The predicted octanol–water partition coefficient (Wildman–Crippen LogP) is 3.61. The second-order valence-electron chi connectivity index (χ2n) is 7.23. The molecule has 2 aliphatic heterocycles. The summed E-state index contributed by atoms with van der Waals surface area (Å²) < 4.78 is 11.1. The van der Waals surface area contributed by atoms with Gasteiger partial charge in [-0.3, -0.25) is 9.69 Å². The van der Waals surface area contributed by atoms with E-state index >= 15 is 0 Å². The van der Waals surface area contributed by atoms with Crippen LogP contribution < -0.4 is 0 Å². The fourth-order valence-corrected chi connectivity index (χ4v) is 3.99. The minimum Gasteiger partial charge on any atom is -0.467 e. The molecule has 28 heavy (non-hydrogen) atoms. The molecule has 3 aromatic rings. The number of benzene rings is 1. The molecule has 4 heterocycles. The molecule has 5 rings (SSSR count). The van der Waals surface area contributed by atoms with E-state index < -0.39 is 0 Å². The fourth-order valence-electron chi connectivity index (χ4n) is 3.99. The summed E-state index contributed by atoms with van der Waals surface area (Å²) in [6.45, 7) is 1.99. The lowest BCUT2D eigenvalue weighted by atomic mass is 10.00. The summed E-state index contributed by atoms with van der Waals surface area (Å²) in [4.78, 5) is 15.3. The van der Waals surface area contributed by atoms with Crippen molar-refractivity contribution in [2.45, 2.75) is 25.4 Å². The molecule has 2 aromatic heterocycles. The Kier molecular flexibility index (Phi) is 4.33. The van der Waals surface area contributed by atoms with E-state index in [-0.39, 0.29) is 11.9 Å². The molecule has 0 N–H and O–H groups in total. The fraction of sp³-hybridized carbons (Fsp3) is 0.273. The summed E-state index contributed by atoms with van der Waals surface area (Å²) in [7, 11) is 0. The molecule has 0 saturated heterocycles. The highest BCUT2D eigenvalue weighted by Crippen LogP contribution is 2.33. The second kappa shape index (κ2) is 7.13. The third-order valence-corrected chi connectivity index (χ3v) is 5.41. The first-order valence-corrected chi connectivity index (χ1v) is 9.54. The van der Waals surface area contributed by atoms with Crippen molar-refractivity contribution in [3.63, 3.8) is 0 Å². The van der Waals surface area contributed by atoms with Crippen LogP contribution in [0.3, 0.4) is 0 Å². The summed E-state index contributed by atoms with van der Waals surface area (Å²) in [6, 6.07) is 15.6. The molecule has 0 spiro atoms. The van der Waals surface area contributed by atoms with E-state index in [0.29, 0.717) is 18.7 Å². The van der Waals surface area contributed by atoms with Gasteiger partial charge in [-0.1, -0.05) is 24.3 Å². The minimum absolute atomic E-state index is 0.0256. The molecule has 0 bridgehead atoms. The van der Waals surface area contributed by atoms with Gasteiger partial charge in [0.05, 0.1) is 19.1 Å². The first-order valence-electron chi connectivity index (χ1n) is 9.54. The summed E-state index contributed by atoms with van der Waals surface area (Å²) in [5, 5.41) is 6.16. The van der Waals surface area contributed by atoms with Crippen LogP contribution in [0.5, 0.6) is 0 Å². The van der Waals surface area contributed by atoms with Crippen LogP contribution in [0.15, 0.2) is 75.0 Å². The number of hydrogen-bond donors (Lipinski definition) is 0. The topological polar surface area (TPSA) is 62.2 Å². The molecule has 6 nitrogen and oxygen atoms in total. The Morgan fingerprint density at radius 1 is 1.04 bits per heavy atom. The average Bonchev–Trinajstić information content (AvgIpc) is 3.48. The first-order chi connectivity index (χ1) is 13.8. The molecule has 0 aliphatic carbocycles. The Balaban J connectivity index is 1.36. The molecule has 0 fully saturated rings. The van der Waals surface area contributed by atoms with Crippen LogP contribution >= 0.6 is 0 Å². The van der Waals surface area contributed by atoms with Crippen molar-refractivity contribution in [2.24, 2.45) is 5.10 Å². The van der Waals surface area contributed by atoms with Crippen LogP contribution in [0.1, 0.15) is 35.1 Å². The van der Waals surface area contributed by atoms with Gasteiger partial charge in [-0.2, -0.15) is 5.10 Å². The van der Waals surface area contributed by atoms with Gasteiger partial charge in [0.2, 0.25) is 0 Å². The molecule has 2 aliphatic rings. The van der Waals surface area contributed by atoms with Crippen LogP contribution in [0.4, 0.5) is 0 Å². The van der Waals surface area contributed by atoms with E-state index in [4.69, 9.17) is 8.83 Å². The second-order valence-corrected chi connectivity index (χ2v) is 7.23. The highest BCUT2D eigenvalue weighted by atomic mass is 16.3. The lowest BCUT2D eigenvalue weighted by Crippen LogP contribution is -2.40. The van der Waals surface area contributed by atoms with E-state index in [1.807, 2.05) is 24.3 Å². The van der Waals surface area contributed by atoms with Gasteiger partial charge in [-0.15, -0.1) is 0 Å². The van der Waals surface area contributed by atoms with E-state index in [9.17, 15) is 4.79 Å². The quantitative estimate of drug-likeness (QED) is 0.699. The van der Waals surface area contributed by atoms with Crippen molar-refractivity contribution in [3.05, 3.63) is 83.7 Å². The van der Waals surface area contributed by atoms with Gasteiger partial charge in [0.25, 0.3) is 5.91 Å². The Morgan fingerprint density at radius 3 is 2.64 bits per heavy atom. The smallest absolute Gasteiger partial charge is 0.257 e. The first kappa shape index (κ1) is 17.0. The van der Waals surface area contributed by atoms with Gasteiger partial charge in [0.15, 0.2) is 0 Å². The van der Waals surface area contributed by atoms with Gasteiger partial charge >= 0.3 is 0 Å². The van der Waals surface area contributed by atoms with Crippen LogP contribution in [-0.2, 0) is 17.8 Å². The largest absolute Gasteiger partial charge is 0.467 e. The summed E-state index contributed by atoms with van der Waals surface area (Å²) in [5.74, 6) is 1.41. The van der Waals surface area contributed by atoms with Crippen molar-refractivity contribution < 1.29 is 13.6 Å². The number of furan rings is 2. The normalized spacial score (nSPS) is 19.5. The van der Waals surface area contributed by atoms with Crippen LogP contribution in [0.2, 0.25) is 0 Å². The van der Waals surface area contributed by atoms with Crippen LogP contribution in [-0.4, -0.2) is 34.6 Å². The molecule has 1 aromatic carbocycles. The van der Waals surface area contributed by atoms with E-state index in [0.717, 1.165) is 31.0 Å².